The van der Waals surface area contributed by atoms with Gasteiger partial charge in [-0.25, -0.2) is 0 Å². The monoisotopic (exact) mass is 391 g/mol. The standard InChI is InChI=1S/C21H29NO2S2/c1-14(19-12-15-3-4-17(19)11-15)22-20(23)13-24-18-7-5-16(6-8-18)21-25-9-2-10-26-21/h5-8,14-15,17,19,21H,2-4,9-13H2,1H3,(H,22,23). The maximum Gasteiger partial charge on any atom is 0.258 e. The molecule has 0 spiro atoms. The molecule has 1 heterocycles. The molecule has 4 rings (SSSR count). The van der Waals surface area contributed by atoms with Crippen molar-refractivity contribution in [1.29, 1.82) is 0 Å². The number of carbonyl (C=O) groups is 1. The first-order valence-corrected chi connectivity index (χ1v) is 12.0. The second-order valence-electron chi connectivity index (χ2n) is 7.98. The minimum Gasteiger partial charge on any atom is -0.484 e. The Morgan fingerprint density at radius 1 is 1.19 bits per heavy atom. The quantitative estimate of drug-likeness (QED) is 0.750. The summed E-state index contributed by atoms with van der Waals surface area (Å²) in [7, 11) is 0. The smallest absolute Gasteiger partial charge is 0.258 e. The lowest BCUT2D eigenvalue weighted by Crippen LogP contribution is -2.42. The molecule has 0 aromatic heterocycles. The van der Waals surface area contributed by atoms with Crippen LogP contribution in [0.25, 0.3) is 0 Å². The molecule has 3 nitrogen and oxygen atoms in total. The molecule has 0 radical (unpaired) electrons. The van der Waals surface area contributed by atoms with E-state index in [-0.39, 0.29) is 18.6 Å². The second kappa shape index (κ2) is 8.47. The highest BCUT2D eigenvalue weighted by atomic mass is 32.2. The van der Waals surface area contributed by atoms with Gasteiger partial charge in [0.25, 0.3) is 5.91 Å². The van der Waals surface area contributed by atoms with Gasteiger partial charge >= 0.3 is 0 Å². The highest BCUT2D eigenvalue weighted by Gasteiger charge is 2.42. The van der Waals surface area contributed by atoms with Crippen LogP contribution in [0.3, 0.4) is 0 Å². The van der Waals surface area contributed by atoms with Crippen LogP contribution in [-0.4, -0.2) is 30.1 Å². The summed E-state index contributed by atoms with van der Waals surface area (Å²) in [6.45, 7) is 2.27. The minimum atomic E-state index is 0.00254. The number of fused-ring (bicyclic) bond motifs is 2. The van der Waals surface area contributed by atoms with E-state index in [0.29, 0.717) is 10.5 Å². The number of carbonyl (C=O) groups excluding carboxylic acids is 1. The average Bonchev–Trinajstić information content (AvgIpc) is 3.31. The lowest BCUT2D eigenvalue weighted by atomic mass is 9.84. The number of hydrogen-bond acceptors (Lipinski definition) is 4. The zero-order valence-electron chi connectivity index (χ0n) is 15.5. The summed E-state index contributed by atoms with van der Waals surface area (Å²) >= 11 is 4.04. The van der Waals surface area contributed by atoms with Crippen molar-refractivity contribution in [2.45, 2.75) is 49.7 Å². The Hall–Kier alpha value is -0.810. The van der Waals surface area contributed by atoms with Crippen molar-refractivity contribution in [1.82, 2.24) is 5.32 Å². The number of benzene rings is 1. The molecule has 5 heteroatoms. The molecule has 2 aliphatic carbocycles. The van der Waals surface area contributed by atoms with Crippen LogP contribution in [0.15, 0.2) is 24.3 Å². The predicted octanol–water partition coefficient (Wildman–Crippen LogP) is 4.88. The van der Waals surface area contributed by atoms with Crippen LogP contribution in [0.2, 0.25) is 0 Å². The molecule has 1 saturated heterocycles. The Bertz CT molecular complexity index is 615. The third kappa shape index (κ3) is 4.36. The Labute approximate surface area is 165 Å². The van der Waals surface area contributed by atoms with Gasteiger partial charge in [-0.15, -0.1) is 23.5 Å². The van der Waals surface area contributed by atoms with E-state index in [2.05, 4.69) is 24.4 Å². The largest absolute Gasteiger partial charge is 0.484 e. The lowest BCUT2D eigenvalue weighted by molar-refractivity contribution is -0.124. The summed E-state index contributed by atoms with van der Waals surface area (Å²) in [4.78, 5) is 12.3. The van der Waals surface area contributed by atoms with Gasteiger partial charge in [0.05, 0.1) is 4.58 Å². The number of amides is 1. The molecule has 1 N–H and O–H groups in total. The molecule has 1 aliphatic heterocycles. The molecule has 1 aromatic carbocycles. The van der Waals surface area contributed by atoms with Crippen molar-refractivity contribution in [3.8, 4) is 5.75 Å². The van der Waals surface area contributed by atoms with Crippen molar-refractivity contribution in [2.24, 2.45) is 17.8 Å². The maximum absolute atomic E-state index is 12.3. The van der Waals surface area contributed by atoms with Gasteiger partial charge in [-0.05, 0) is 79.6 Å². The van der Waals surface area contributed by atoms with Gasteiger partial charge in [-0.1, -0.05) is 18.6 Å². The average molecular weight is 392 g/mol. The van der Waals surface area contributed by atoms with E-state index < -0.39 is 0 Å². The molecule has 4 atom stereocenters. The van der Waals surface area contributed by atoms with Crippen molar-refractivity contribution < 1.29 is 9.53 Å². The summed E-state index contributed by atoms with van der Waals surface area (Å²) in [5.41, 5.74) is 1.35. The molecule has 3 aliphatic rings. The first-order chi connectivity index (χ1) is 12.7. The SMILES string of the molecule is CC(NC(=O)COc1ccc(C2SCCCS2)cc1)C1CC2CCC1C2. The topological polar surface area (TPSA) is 38.3 Å². The van der Waals surface area contributed by atoms with E-state index in [4.69, 9.17) is 4.74 Å². The molecule has 2 saturated carbocycles. The first-order valence-electron chi connectivity index (χ1n) is 9.94. The van der Waals surface area contributed by atoms with Gasteiger partial charge < -0.3 is 10.1 Å². The third-order valence-electron chi connectivity index (χ3n) is 6.17. The van der Waals surface area contributed by atoms with Crippen LogP contribution < -0.4 is 10.1 Å². The fourth-order valence-electron chi connectivity index (χ4n) is 4.86. The van der Waals surface area contributed by atoms with E-state index in [1.807, 2.05) is 35.7 Å². The van der Waals surface area contributed by atoms with Gasteiger partial charge in [-0.2, -0.15) is 0 Å². The zero-order valence-corrected chi connectivity index (χ0v) is 17.1. The van der Waals surface area contributed by atoms with E-state index >= 15 is 0 Å². The van der Waals surface area contributed by atoms with Crippen LogP contribution in [0, 0.1) is 17.8 Å². The van der Waals surface area contributed by atoms with Gasteiger partial charge in [0, 0.05) is 6.04 Å². The molecule has 3 fully saturated rings. The summed E-state index contributed by atoms with van der Waals surface area (Å²) in [5.74, 6) is 5.69. The predicted molar refractivity (Wildman–Crippen MR) is 111 cm³/mol. The van der Waals surface area contributed by atoms with Crippen LogP contribution in [0.5, 0.6) is 5.75 Å². The molecule has 142 valence electrons. The van der Waals surface area contributed by atoms with Crippen molar-refractivity contribution in [2.75, 3.05) is 18.1 Å². The molecule has 2 bridgehead atoms. The molecule has 26 heavy (non-hydrogen) atoms. The van der Waals surface area contributed by atoms with Crippen LogP contribution in [0.4, 0.5) is 0 Å². The zero-order chi connectivity index (χ0) is 17.9. The Kier molecular flexibility index (Phi) is 6.04. The number of hydrogen-bond donors (Lipinski definition) is 1. The third-order valence-corrected chi connectivity index (χ3v) is 9.19. The van der Waals surface area contributed by atoms with Gasteiger partial charge in [0.2, 0.25) is 0 Å². The summed E-state index contributed by atoms with van der Waals surface area (Å²) < 4.78 is 6.26. The van der Waals surface area contributed by atoms with Crippen LogP contribution in [0.1, 0.15) is 49.2 Å². The summed E-state index contributed by atoms with van der Waals surface area (Å²) in [6, 6.07) is 8.54. The first kappa shape index (κ1) is 18.5. The van der Waals surface area contributed by atoms with Crippen molar-refractivity contribution >= 4 is 29.4 Å². The number of nitrogens with one attached hydrogen (secondary N) is 1. The molecule has 4 unspecified atom stereocenters. The van der Waals surface area contributed by atoms with E-state index in [0.717, 1.165) is 17.6 Å². The molecule has 1 aromatic rings. The van der Waals surface area contributed by atoms with Gasteiger partial charge in [-0.3, -0.25) is 4.79 Å². The van der Waals surface area contributed by atoms with Crippen molar-refractivity contribution in [3.05, 3.63) is 29.8 Å². The Morgan fingerprint density at radius 3 is 2.62 bits per heavy atom. The second-order valence-corrected chi connectivity index (χ2v) is 10.7. The maximum atomic E-state index is 12.3. The fourth-order valence-corrected chi connectivity index (χ4v) is 7.75. The van der Waals surface area contributed by atoms with Crippen LogP contribution >= 0.6 is 23.5 Å². The normalized spacial score (nSPS) is 29.5. The highest BCUT2D eigenvalue weighted by Crippen LogP contribution is 2.49. The van der Waals surface area contributed by atoms with E-state index in [1.54, 1.807) is 0 Å². The summed E-state index contributed by atoms with van der Waals surface area (Å²) in [6.07, 6.45) is 6.74. The molecular formula is C21H29NO2S2. The number of thioether (sulfide) groups is 2. The minimum absolute atomic E-state index is 0.00254. The fraction of sp³-hybridized carbons (Fsp3) is 0.667. The Morgan fingerprint density at radius 2 is 1.96 bits per heavy atom. The van der Waals surface area contributed by atoms with E-state index in [1.165, 1.54) is 49.2 Å². The molecular weight excluding hydrogens is 362 g/mol. The van der Waals surface area contributed by atoms with E-state index in [9.17, 15) is 4.79 Å². The van der Waals surface area contributed by atoms with Gasteiger partial charge in [0.1, 0.15) is 5.75 Å². The number of ether oxygens (including phenoxy) is 1. The van der Waals surface area contributed by atoms with Crippen LogP contribution in [-0.2, 0) is 4.79 Å². The number of rotatable bonds is 6. The van der Waals surface area contributed by atoms with Crippen molar-refractivity contribution in [3.63, 3.8) is 0 Å². The molecule has 1 amide bonds. The van der Waals surface area contributed by atoms with Gasteiger partial charge in [0.15, 0.2) is 6.61 Å². The Balaban J connectivity index is 1.22. The summed E-state index contributed by atoms with van der Waals surface area (Å²) in [5, 5.41) is 3.17. The highest BCUT2D eigenvalue weighted by molar-refractivity contribution is 8.16. The lowest BCUT2D eigenvalue weighted by Gasteiger charge is -2.28.